The summed E-state index contributed by atoms with van der Waals surface area (Å²) in [5.74, 6) is 0.0319. The molecule has 1 saturated heterocycles. The van der Waals surface area contributed by atoms with Gasteiger partial charge in [-0.1, -0.05) is 26.0 Å². The van der Waals surface area contributed by atoms with Gasteiger partial charge in [0.2, 0.25) is 11.8 Å². The standard InChI is InChI=1S/C20H29N3O3.ClH/c1-4-26-16-12-20(21,19(16,2)3)18(25)22-13-14-7-9-15(10-8-14)23-11-5-6-17(23)24;/h7-10,16H,4-6,11-13,21H2,1-3H3,(H,22,25);1H. The van der Waals surface area contributed by atoms with Gasteiger partial charge in [-0.3, -0.25) is 9.59 Å². The highest BCUT2D eigenvalue weighted by atomic mass is 35.5. The van der Waals surface area contributed by atoms with E-state index in [0.717, 1.165) is 24.2 Å². The van der Waals surface area contributed by atoms with Crippen molar-refractivity contribution < 1.29 is 14.3 Å². The summed E-state index contributed by atoms with van der Waals surface area (Å²) in [6.07, 6.45) is 2.08. The molecule has 0 bridgehead atoms. The van der Waals surface area contributed by atoms with Crippen molar-refractivity contribution in [1.82, 2.24) is 5.32 Å². The molecule has 0 radical (unpaired) electrons. The lowest BCUT2D eigenvalue weighted by Gasteiger charge is -2.57. The summed E-state index contributed by atoms with van der Waals surface area (Å²) in [5, 5.41) is 2.96. The molecule has 27 heavy (non-hydrogen) atoms. The fourth-order valence-electron chi connectivity index (χ4n) is 3.88. The molecule has 1 aromatic carbocycles. The van der Waals surface area contributed by atoms with Crippen molar-refractivity contribution in [2.75, 3.05) is 18.1 Å². The average molecular weight is 396 g/mol. The molecule has 0 aromatic heterocycles. The van der Waals surface area contributed by atoms with Crippen LogP contribution in [0.15, 0.2) is 24.3 Å². The number of nitrogens with one attached hydrogen (secondary N) is 1. The van der Waals surface area contributed by atoms with Gasteiger partial charge in [-0.25, -0.2) is 0 Å². The maximum Gasteiger partial charge on any atom is 0.241 e. The van der Waals surface area contributed by atoms with E-state index in [4.69, 9.17) is 10.5 Å². The number of amides is 2. The zero-order chi connectivity index (χ0) is 18.9. The second kappa shape index (κ2) is 8.17. The van der Waals surface area contributed by atoms with Gasteiger partial charge in [-0.2, -0.15) is 0 Å². The molecule has 1 saturated carbocycles. The first-order valence-corrected chi connectivity index (χ1v) is 9.37. The number of hydrogen-bond acceptors (Lipinski definition) is 4. The van der Waals surface area contributed by atoms with Crippen molar-refractivity contribution >= 4 is 29.9 Å². The molecule has 7 heteroatoms. The number of rotatable bonds is 6. The number of carbonyl (C=O) groups excluding carboxylic acids is 2. The lowest BCUT2D eigenvalue weighted by Crippen LogP contribution is -2.75. The summed E-state index contributed by atoms with van der Waals surface area (Å²) < 4.78 is 5.68. The van der Waals surface area contributed by atoms with Gasteiger partial charge < -0.3 is 20.7 Å². The van der Waals surface area contributed by atoms with E-state index in [1.807, 2.05) is 49.9 Å². The Morgan fingerprint density at radius 3 is 2.52 bits per heavy atom. The summed E-state index contributed by atoms with van der Waals surface area (Å²) in [6, 6.07) is 7.75. The van der Waals surface area contributed by atoms with Crippen LogP contribution in [0.25, 0.3) is 0 Å². The lowest BCUT2D eigenvalue weighted by atomic mass is 9.54. The first kappa shape index (κ1) is 21.7. The Hall–Kier alpha value is -1.63. The third-order valence-corrected chi connectivity index (χ3v) is 6.01. The van der Waals surface area contributed by atoms with Crippen LogP contribution in [-0.4, -0.2) is 36.6 Å². The third-order valence-electron chi connectivity index (χ3n) is 6.01. The molecule has 150 valence electrons. The Labute approximate surface area is 167 Å². The third kappa shape index (κ3) is 3.84. The highest BCUT2D eigenvalue weighted by molar-refractivity contribution is 5.95. The van der Waals surface area contributed by atoms with Crippen LogP contribution in [0.1, 0.15) is 45.6 Å². The Morgan fingerprint density at radius 1 is 1.33 bits per heavy atom. The average Bonchev–Trinajstić information content (AvgIpc) is 3.05. The zero-order valence-corrected chi connectivity index (χ0v) is 17.1. The van der Waals surface area contributed by atoms with Crippen LogP contribution in [-0.2, 0) is 20.9 Å². The smallest absolute Gasteiger partial charge is 0.241 e. The number of nitrogens with zero attached hydrogens (tertiary/aromatic N) is 1. The SMILES string of the molecule is CCOC1CC(N)(C(=O)NCc2ccc(N3CCCC3=O)cc2)C1(C)C.Cl. The van der Waals surface area contributed by atoms with E-state index < -0.39 is 11.0 Å². The normalized spacial score (nSPS) is 26.3. The molecule has 1 aliphatic carbocycles. The van der Waals surface area contributed by atoms with Gasteiger partial charge >= 0.3 is 0 Å². The second-order valence-electron chi connectivity index (χ2n) is 7.84. The maximum atomic E-state index is 12.7. The predicted molar refractivity (Wildman–Crippen MR) is 108 cm³/mol. The second-order valence-corrected chi connectivity index (χ2v) is 7.84. The quantitative estimate of drug-likeness (QED) is 0.774. The van der Waals surface area contributed by atoms with Crippen molar-refractivity contribution in [3.05, 3.63) is 29.8 Å². The lowest BCUT2D eigenvalue weighted by molar-refractivity contribution is -0.170. The van der Waals surface area contributed by atoms with Crippen molar-refractivity contribution in [1.29, 1.82) is 0 Å². The van der Waals surface area contributed by atoms with E-state index in [1.165, 1.54) is 0 Å². The van der Waals surface area contributed by atoms with Gasteiger partial charge in [0.05, 0.1) is 6.10 Å². The molecule has 2 amide bonds. The molecular formula is C20H30ClN3O3. The van der Waals surface area contributed by atoms with Crippen LogP contribution in [0.5, 0.6) is 0 Å². The highest BCUT2D eigenvalue weighted by Crippen LogP contribution is 2.49. The Balaban J connectivity index is 0.00000261. The van der Waals surface area contributed by atoms with Crippen LogP contribution in [0.2, 0.25) is 0 Å². The van der Waals surface area contributed by atoms with Crippen molar-refractivity contribution in [2.45, 2.75) is 58.2 Å². The first-order valence-electron chi connectivity index (χ1n) is 9.37. The fraction of sp³-hybridized carbons (Fsp3) is 0.600. The number of carbonyl (C=O) groups is 2. The monoisotopic (exact) mass is 395 g/mol. The number of nitrogens with two attached hydrogens (primary N) is 1. The Kier molecular flexibility index (Phi) is 6.55. The molecule has 2 unspecified atom stereocenters. The van der Waals surface area contributed by atoms with Crippen LogP contribution < -0.4 is 16.0 Å². The van der Waals surface area contributed by atoms with Crippen molar-refractivity contribution in [3.8, 4) is 0 Å². The predicted octanol–water partition coefficient (Wildman–Crippen LogP) is 2.38. The number of halogens is 1. The highest BCUT2D eigenvalue weighted by Gasteiger charge is 2.62. The zero-order valence-electron chi connectivity index (χ0n) is 16.3. The van der Waals surface area contributed by atoms with Crippen molar-refractivity contribution in [2.24, 2.45) is 11.1 Å². The topological polar surface area (TPSA) is 84.7 Å². The van der Waals surface area contributed by atoms with Gasteiger partial charge in [0, 0.05) is 43.6 Å². The number of benzene rings is 1. The molecule has 1 aromatic rings. The molecule has 3 rings (SSSR count). The van der Waals surface area contributed by atoms with E-state index in [-0.39, 0.29) is 30.3 Å². The molecule has 6 nitrogen and oxygen atoms in total. The van der Waals surface area contributed by atoms with E-state index in [1.54, 1.807) is 0 Å². The molecule has 2 atom stereocenters. The molecule has 1 heterocycles. The Bertz CT molecular complexity index is 692. The molecule has 3 N–H and O–H groups in total. The summed E-state index contributed by atoms with van der Waals surface area (Å²) in [7, 11) is 0. The summed E-state index contributed by atoms with van der Waals surface area (Å²) >= 11 is 0. The number of hydrogen-bond donors (Lipinski definition) is 2. The van der Waals surface area contributed by atoms with E-state index in [0.29, 0.717) is 26.0 Å². The summed E-state index contributed by atoms with van der Waals surface area (Å²) in [6.45, 7) is 7.74. The van der Waals surface area contributed by atoms with Crippen molar-refractivity contribution in [3.63, 3.8) is 0 Å². The molecule has 0 spiro atoms. The summed E-state index contributed by atoms with van der Waals surface area (Å²) in [4.78, 5) is 26.3. The molecule has 2 aliphatic rings. The van der Waals surface area contributed by atoms with Gasteiger partial charge in [-0.05, 0) is 31.0 Å². The number of anilines is 1. The number of ether oxygens (including phenoxy) is 1. The van der Waals surface area contributed by atoms with Crippen LogP contribution >= 0.6 is 12.4 Å². The minimum atomic E-state index is -0.908. The molecule has 1 aliphatic heterocycles. The van der Waals surface area contributed by atoms with E-state index in [2.05, 4.69) is 5.32 Å². The first-order chi connectivity index (χ1) is 12.3. The van der Waals surface area contributed by atoms with Gasteiger partial charge in [-0.15, -0.1) is 12.4 Å². The van der Waals surface area contributed by atoms with Gasteiger partial charge in [0.25, 0.3) is 0 Å². The van der Waals surface area contributed by atoms with Crippen LogP contribution in [0, 0.1) is 5.41 Å². The molecule has 2 fully saturated rings. The minimum absolute atomic E-state index is 0. The molecular weight excluding hydrogens is 366 g/mol. The Morgan fingerprint density at radius 2 is 2.00 bits per heavy atom. The maximum absolute atomic E-state index is 12.7. The van der Waals surface area contributed by atoms with E-state index >= 15 is 0 Å². The largest absolute Gasteiger partial charge is 0.378 e. The van der Waals surface area contributed by atoms with Crippen LogP contribution in [0.4, 0.5) is 5.69 Å². The summed E-state index contributed by atoms with van der Waals surface area (Å²) in [5.41, 5.74) is 6.99. The minimum Gasteiger partial charge on any atom is -0.378 e. The fourth-order valence-corrected chi connectivity index (χ4v) is 3.88. The van der Waals surface area contributed by atoms with Crippen LogP contribution in [0.3, 0.4) is 0 Å². The van der Waals surface area contributed by atoms with Gasteiger partial charge in [0.15, 0.2) is 0 Å². The van der Waals surface area contributed by atoms with Gasteiger partial charge in [0.1, 0.15) is 5.54 Å². The van der Waals surface area contributed by atoms with E-state index in [9.17, 15) is 9.59 Å².